The number of aliphatic hydroxyl groups excluding tert-OH is 1. The number of ether oxygens (including phenoxy) is 1. The molecule has 1 amide bonds. The number of carbonyl (C=O) groups is 1. The maximum absolute atomic E-state index is 12.3. The van der Waals surface area contributed by atoms with Gasteiger partial charge in [-0.15, -0.1) is 0 Å². The second kappa shape index (κ2) is 6.01. The fourth-order valence-electron chi connectivity index (χ4n) is 2.20. The van der Waals surface area contributed by atoms with Crippen molar-refractivity contribution in [2.24, 2.45) is 5.84 Å². The number of amides is 1. The minimum atomic E-state index is -0.308. The molecule has 1 heterocycles. The first-order valence-electron chi connectivity index (χ1n) is 6.26. The van der Waals surface area contributed by atoms with Crippen molar-refractivity contribution in [1.29, 1.82) is 0 Å². The standard InChI is InChI=1S/C13H19N3O3/c1-9-6-16(7-12(8-17)19-9)13(18)10-2-4-11(15-14)5-3-10/h2-5,9,12,15,17H,6-8,14H2,1H3. The van der Waals surface area contributed by atoms with Crippen molar-refractivity contribution in [3.05, 3.63) is 29.8 Å². The molecule has 2 atom stereocenters. The topological polar surface area (TPSA) is 87.8 Å². The van der Waals surface area contributed by atoms with Gasteiger partial charge in [-0.3, -0.25) is 10.6 Å². The number of benzene rings is 1. The molecule has 0 aromatic heterocycles. The molecule has 0 saturated carbocycles. The predicted molar refractivity (Wildman–Crippen MR) is 71.6 cm³/mol. The van der Waals surface area contributed by atoms with E-state index in [0.717, 1.165) is 5.69 Å². The Morgan fingerprint density at radius 3 is 2.74 bits per heavy atom. The Kier molecular flexibility index (Phi) is 4.36. The number of rotatable bonds is 3. The van der Waals surface area contributed by atoms with Gasteiger partial charge in [0.15, 0.2) is 0 Å². The molecule has 0 radical (unpaired) electrons. The molecule has 0 aliphatic carbocycles. The van der Waals surface area contributed by atoms with Crippen LogP contribution < -0.4 is 11.3 Å². The third-order valence-corrected chi connectivity index (χ3v) is 3.12. The summed E-state index contributed by atoms with van der Waals surface area (Å²) in [5.74, 6) is 5.23. The highest BCUT2D eigenvalue weighted by molar-refractivity contribution is 5.94. The van der Waals surface area contributed by atoms with Gasteiger partial charge in [0.2, 0.25) is 0 Å². The molecule has 2 unspecified atom stereocenters. The maximum Gasteiger partial charge on any atom is 0.254 e. The Morgan fingerprint density at radius 2 is 2.16 bits per heavy atom. The first kappa shape index (κ1) is 13.8. The number of nitrogens with zero attached hydrogens (tertiary/aromatic N) is 1. The van der Waals surface area contributed by atoms with Gasteiger partial charge in [-0.25, -0.2) is 0 Å². The number of carbonyl (C=O) groups excluding carboxylic acids is 1. The highest BCUT2D eigenvalue weighted by Gasteiger charge is 2.28. The summed E-state index contributed by atoms with van der Waals surface area (Å²) in [5, 5.41) is 9.16. The van der Waals surface area contributed by atoms with Crippen LogP contribution in [-0.2, 0) is 4.74 Å². The molecule has 1 aliphatic rings. The van der Waals surface area contributed by atoms with Gasteiger partial charge in [-0.2, -0.15) is 0 Å². The number of anilines is 1. The first-order chi connectivity index (χ1) is 9.13. The van der Waals surface area contributed by atoms with Crippen molar-refractivity contribution in [1.82, 2.24) is 4.90 Å². The van der Waals surface area contributed by atoms with E-state index in [0.29, 0.717) is 18.7 Å². The van der Waals surface area contributed by atoms with Gasteiger partial charge < -0.3 is 20.2 Å². The maximum atomic E-state index is 12.3. The molecule has 1 saturated heterocycles. The zero-order chi connectivity index (χ0) is 13.8. The molecule has 2 rings (SSSR count). The zero-order valence-corrected chi connectivity index (χ0v) is 10.9. The third kappa shape index (κ3) is 3.23. The average Bonchev–Trinajstić information content (AvgIpc) is 2.46. The number of hydrogen-bond acceptors (Lipinski definition) is 5. The van der Waals surface area contributed by atoms with Gasteiger partial charge in [-0.05, 0) is 31.2 Å². The van der Waals surface area contributed by atoms with Crippen LogP contribution >= 0.6 is 0 Å². The van der Waals surface area contributed by atoms with E-state index in [1.54, 1.807) is 29.2 Å². The summed E-state index contributed by atoms with van der Waals surface area (Å²) in [6, 6.07) is 6.96. The monoisotopic (exact) mass is 265 g/mol. The molecule has 1 aliphatic heterocycles. The molecular formula is C13H19N3O3. The molecule has 0 spiro atoms. The van der Waals surface area contributed by atoms with Crippen LogP contribution in [0.2, 0.25) is 0 Å². The lowest BCUT2D eigenvalue weighted by molar-refractivity contribution is -0.0858. The Hall–Kier alpha value is -1.63. The van der Waals surface area contributed by atoms with E-state index in [1.807, 2.05) is 6.92 Å². The van der Waals surface area contributed by atoms with Crippen LogP contribution in [0.4, 0.5) is 5.69 Å². The molecule has 6 nitrogen and oxygen atoms in total. The fourth-order valence-corrected chi connectivity index (χ4v) is 2.20. The molecule has 0 bridgehead atoms. The number of hydrogen-bond donors (Lipinski definition) is 3. The van der Waals surface area contributed by atoms with Crippen LogP contribution in [0, 0.1) is 0 Å². The van der Waals surface area contributed by atoms with Crippen molar-refractivity contribution in [3.63, 3.8) is 0 Å². The normalized spacial score (nSPS) is 23.2. The van der Waals surface area contributed by atoms with Crippen molar-refractivity contribution < 1.29 is 14.6 Å². The number of hydrazine groups is 1. The lowest BCUT2D eigenvalue weighted by Gasteiger charge is -2.36. The predicted octanol–water partition coefficient (Wildman–Crippen LogP) is 0.194. The minimum absolute atomic E-state index is 0.0582. The van der Waals surface area contributed by atoms with E-state index in [2.05, 4.69) is 5.43 Å². The summed E-state index contributed by atoms with van der Waals surface area (Å²) in [6.07, 6.45) is -0.377. The van der Waals surface area contributed by atoms with E-state index in [4.69, 9.17) is 15.7 Å². The first-order valence-corrected chi connectivity index (χ1v) is 6.26. The van der Waals surface area contributed by atoms with Crippen LogP contribution in [0.3, 0.4) is 0 Å². The van der Waals surface area contributed by atoms with Crippen LogP contribution in [0.1, 0.15) is 17.3 Å². The Labute approximate surface area is 112 Å². The van der Waals surface area contributed by atoms with Gasteiger partial charge in [0.05, 0.1) is 18.8 Å². The molecule has 4 N–H and O–H groups in total. The summed E-state index contributed by atoms with van der Waals surface area (Å²) in [7, 11) is 0. The van der Waals surface area contributed by atoms with Crippen molar-refractivity contribution in [2.75, 3.05) is 25.1 Å². The van der Waals surface area contributed by atoms with E-state index in [9.17, 15) is 4.79 Å². The van der Waals surface area contributed by atoms with Gasteiger partial charge in [0, 0.05) is 24.3 Å². The Morgan fingerprint density at radius 1 is 1.47 bits per heavy atom. The second-order valence-corrected chi connectivity index (χ2v) is 4.68. The lowest BCUT2D eigenvalue weighted by Crippen LogP contribution is -2.50. The molecule has 6 heteroatoms. The summed E-state index contributed by atoms with van der Waals surface area (Å²) >= 11 is 0. The van der Waals surface area contributed by atoms with Gasteiger partial charge in [-0.1, -0.05) is 0 Å². The number of nitrogen functional groups attached to an aromatic ring is 1. The molecule has 1 aromatic carbocycles. The highest BCUT2D eigenvalue weighted by atomic mass is 16.5. The van der Waals surface area contributed by atoms with Crippen LogP contribution in [-0.4, -0.2) is 47.8 Å². The number of morpholine rings is 1. The average molecular weight is 265 g/mol. The molecule has 19 heavy (non-hydrogen) atoms. The van der Waals surface area contributed by atoms with Crippen molar-refractivity contribution in [3.8, 4) is 0 Å². The summed E-state index contributed by atoms with van der Waals surface area (Å²) in [4.78, 5) is 14.1. The van der Waals surface area contributed by atoms with E-state index in [1.165, 1.54) is 0 Å². The molecule has 1 aromatic rings. The second-order valence-electron chi connectivity index (χ2n) is 4.68. The smallest absolute Gasteiger partial charge is 0.254 e. The summed E-state index contributed by atoms with van der Waals surface area (Å²) in [6.45, 7) is 2.76. The number of aliphatic hydroxyl groups is 1. The SMILES string of the molecule is CC1CN(C(=O)c2ccc(NN)cc2)CC(CO)O1. The van der Waals surface area contributed by atoms with E-state index < -0.39 is 0 Å². The summed E-state index contributed by atoms with van der Waals surface area (Å²) < 4.78 is 5.52. The third-order valence-electron chi connectivity index (χ3n) is 3.12. The van der Waals surface area contributed by atoms with Crippen LogP contribution in [0.15, 0.2) is 24.3 Å². The molecule has 104 valence electrons. The number of nitrogens with one attached hydrogen (secondary N) is 1. The van der Waals surface area contributed by atoms with E-state index >= 15 is 0 Å². The fraction of sp³-hybridized carbons (Fsp3) is 0.462. The van der Waals surface area contributed by atoms with Gasteiger partial charge >= 0.3 is 0 Å². The van der Waals surface area contributed by atoms with Gasteiger partial charge in [0.1, 0.15) is 0 Å². The van der Waals surface area contributed by atoms with Crippen molar-refractivity contribution in [2.45, 2.75) is 19.1 Å². The minimum Gasteiger partial charge on any atom is -0.394 e. The Balaban J connectivity index is 2.09. The van der Waals surface area contributed by atoms with Crippen molar-refractivity contribution >= 4 is 11.6 Å². The molecular weight excluding hydrogens is 246 g/mol. The molecule has 1 fully saturated rings. The quantitative estimate of drug-likeness (QED) is 0.536. The largest absolute Gasteiger partial charge is 0.394 e. The Bertz CT molecular complexity index is 435. The lowest BCUT2D eigenvalue weighted by atomic mass is 10.1. The zero-order valence-electron chi connectivity index (χ0n) is 10.9. The van der Waals surface area contributed by atoms with Crippen LogP contribution in [0.5, 0.6) is 0 Å². The highest BCUT2D eigenvalue weighted by Crippen LogP contribution is 2.16. The summed E-state index contributed by atoms with van der Waals surface area (Å²) in [5.41, 5.74) is 3.87. The van der Waals surface area contributed by atoms with E-state index in [-0.39, 0.29) is 24.7 Å². The van der Waals surface area contributed by atoms with Crippen LogP contribution in [0.25, 0.3) is 0 Å². The number of nitrogens with two attached hydrogens (primary N) is 1. The van der Waals surface area contributed by atoms with Gasteiger partial charge in [0.25, 0.3) is 5.91 Å².